The molecule has 2 saturated carbocycles. The summed E-state index contributed by atoms with van der Waals surface area (Å²) in [5, 5.41) is 0. The lowest BCUT2D eigenvalue weighted by molar-refractivity contribution is -0.122. The first kappa shape index (κ1) is 102. The first-order chi connectivity index (χ1) is 69.7. The van der Waals surface area contributed by atoms with Crippen LogP contribution < -0.4 is 19.6 Å². The molecule has 7 aliphatic rings. The molecule has 4 aliphatic heterocycles. The molecule has 4 heterocycles. The molecule has 2 unspecified atom stereocenters. The highest BCUT2D eigenvalue weighted by atomic mass is 79.9. The number of aryl methyl sites for hydroxylation is 8. The molecule has 3 aliphatic carbocycles. The summed E-state index contributed by atoms with van der Waals surface area (Å²) in [4.78, 5) is 9.36. The Morgan fingerprint density at radius 1 is 0.212 bits per heavy atom. The van der Waals surface area contributed by atoms with Gasteiger partial charge >= 0.3 is 0 Å². The van der Waals surface area contributed by atoms with E-state index < -0.39 is 16.8 Å². The number of alkyl halides is 2. The van der Waals surface area contributed by atoms with Gasteiger partial charge in [-0.15, -0.1) is 0 Å². The van der Waals surface area contributed by atoms with Crippen molar-refractivity contribution in [1.82, 2.24) is 0 Å². The Kier molecular flexibility index (Phi) is 27.5. The van der Waals surface area contributed by atoms with Crippen molar-refractivity contribution in [3.05, 3.63) is 447 Å². The molecule has 2 atom stereocenters. The van der Waals surface area contributed by atoms with Crippen molar-refractivity contribution in [2.24, 2.45) is 0 Å². The Balaban J connectivity index is 0.000000118. The average molecular weight is 2190 g/mol. The van der Waals surface area contributed by atoms with Crippen molar-refractivity contribution in [2.75, 3.05) is 19.6 Å². The Bertz CT molecular complexity index is 7460. The van der Waals surface area contributed by atoms with Crippen molar-refractivity contribution in [1.29, 1.82) is 0 Å². The molecule has 23 rings (SSSR count). The third-order valence-corrected chi connectivity index (χ3v) is 34.5. The Hall–Kier alpha value is -11.6. The zero-order valence-electron chi connectivity index (χ0n) is 87.2. The standard InChI is InChI=1S/C34H33Br2NO.C34H35NO.C33H33F2N.C32H29Br2NO/c1-22-19-26(35)10-15-31(22)37(32-16-11-27(36)20-23(32)2)28-12-7-24(8-13-28)25-9-14-29-30(21-25)33(3,4)38-34(29)17-5-6-18-34;1-24-11-5-7-13-31(24)35(32-14-8-6-12-25(32)2)28-18-15-26(16-19-28)27-17-20-29-30(23-27)33(3,4)36-34(29)21-9-10-22-34;1-22-11-7-9-13-29(22)36(30-14-10-8-12-23(30)2)26-18-15-24(16-19-26)25-17-20-27-28(21-25)32(5,6)33(34,35)31(27,3)4;1-20-17-24(33)8-13-29(20)35(30-14-9-25(34)18-21(30)2)26-10-5-22(6-11-26)23-7-12-27-28(19-23)32(4)16-15-31(27,3)36-32/h7-16,19-21H,5-6,17-18H2,1-4H3;5-8,11-20,23H,9-10,21-22H2,1-4H3;7-21H,1-6H3;5-14,17-19H,15-16H2,1-4H3. The van der Waals surface area contributed by atoms with Crippen LogP contribution in [0.15, 0.2) is 358 Å². The Labute approximate surface area is 897 Å². The Morgan fingerprint density at radius 3 is 0.726 bits per heavy atom. The lowest BCUT2D eigenvalue weighted by atomic mass is 9.77. The summed E-state index contributed by atoms with van der Waals surface area (Å²) in [5.41, 5.74) is 39.3. The van der Waals surface area contributed by atoms with E-state index in [1.54, 1.807) is 27.7 Å². The van der Waals surface area contributed by atoms with Crippen LogP contribution in [0.25, 0.3) is 44.5 Å². The molecule has 1 saturated heterocycles. The van der Waals surface area contributed by atoms with Crippen LogP contribution in [0.3, 0.4) is 0 Å². The third-order valence-electron chi connectivity index (χ3n) is 32.5. The molecule has 2 spiro atoms. The second-order valence-electron chi connectivity index (χ2n) is 44.0. The van der Waals surface area contributed by atoms with Crippen LogP contribution in [-0.4, -0.2) is 5.92 Å². The fourth-order valence-corrected chi connectivity index (χ4v) is 26.5. The number of para-hydroxylation sites is 4. The van der Waals surface area contributed by atoms with Crippen molar-refractivity contribution < 1.29 is 23.0 Å². The lowest BCUT2D eigenvalue weighted by Gasteiger charge is -2.35. The van der Waals surface area contributed by atoms with Crippen molar-refractivity contribution in [3.63, 3.8) is 0 Å². The highest BCUT2D eigenvalue weighted by molar-refractivity contribution is 9.11. The molecule has 13 heteroatoms. The molecule has 7 nitrogen and oxygen atoms in total. The predicted octanol–water partition coefficient (Wildman–Crippen LogP) is 40.3. The van der Waals surface area contributed by atoms with Gasteiger partial charge in [0.15, 0.2) is 0 Å². The largest absolute Gasteiger partial charge is 0.360 e. The Morgan fingerprint density at radius 2 is 0.445 bits per heavy atom. The van der Waals surface area contributed by atoms with Gasteiger partial charge in [0.1, 0.15) is 0 Å². The van der Waals surface area contributed by atoms with Gasteiger partial charge in [0, 0.05) is 86.1 Å². The van der Waals surface area contributed by atoms with E-state index in [1.165, 1.54) is 171 Å². The highest BCUT2D eigenvalue weighted by Gasteiger charge is 2.65. The second kappa shape index (κ2) is 39.5. The number of hydrogen-bond donors (Lipinski definition) is 0. The highest BCUT2D eigenvalue weighted by Crippen LogP contribution is 2.63. The number of nitrogens with zero attached hydrogens (tertiary/aromatic N) is 4. The van der Waals surface area contributed by atoms with Gasteiger partial charge in [-0.3, -0.25) is 0 Å². The fourth-order valence-electron chi connectivity index (χ4n) is 24.6. The molecular weight excluding hydrogens is 2060 g/mol. The summed E-state index contributed by atoms with van der Waals surface area (Å²) in [7, 11) is 0. The predicted molar refractivity (Wildman–Crippen MR) is 619 cm³/mol. The van der Waals surface area contributed by atoms with E-state index in [1.807, 2.05) is 18.2 Å². The van der Waals surface area contributed by atoms with E-state index in [0.717, 1.165) is 113 Å². The van der Waals surface area contributed by atoms with E-state index in [2.05, 4.69) is 502 Å². The molecule has 0 aromatic heterocycles. The topological polar surface area (TPSA) is 40.7 Å². The summed E-state index contributed by atoms with van der Waals surface area (Å²) in [6.45, 7) is 37.3. The molecule has 742 valence electrons. The maximum atomic E-state index is 15.4. The van der Waals surface area contributed by atoms with Crippen molar-refractivity contribution >= 4 is 132 Å². The van der Waals surface area contributed by atoms with Crippen LogP contribution in [0.1, 0.15) is 222 Å². The molecule has 16 aromatic rings. The summed E-state index contributed by atoms with van der Waals surface area (Å²) >= 11 is 14.5. The van der Waals surface area contributed by atoms with Crippen LogP contribution in [0.2, 0.25) is 0 Å². The maximum Gasteiger partial charge on any atom is 0.266 e. The summed E-state index contributed by atoms with van der Waals surface area (Å²) in [6, 6.07) is 122. The lowest BCUT2D eigenvalue weighted by Crippen LogP contribution is -2.46. The van der Waals surface area contributed by atoms with Gasteiger partial charge < -0.3 is 33.8 Å². The van der Waals surface area contributed by atoms with Crippen LogP contribution in [0.4, 0.5) is 77.0 Å². The minimum Gasteiger partial charge on any atom is -0.360 e. The zero-order valence-corrected chi connectivity index (χ0v) is 93.5. The van der Waals surface area contributed by atoms with Gasteiger partial charge in [0.25, 0.3) is 5.92 Å². The van der Waals surface area contributed by atoms with Crippen molar-refractivity contribution in [3.8, 4) is 44.5 Å². The number of fused-ring (bicyclic) bond motifs is 10. The van der Waals surface area contributed by atoms with Gasteiger partial charge in [0.05, 0.1) is 44.4 Å². The summed E-state index contributed by atoms with van der Waals surface area (Å²) < 4.78 is 55.0. The van der Waals surface area contributed by atoms with E-state index >= 15 is 8.78 Å². The molecule has 3 fully saturated rings. The van der Waals surface area contributed by atoms with Gasteiger partial charge in [-0.1, -0.05) is 265 Å². The van der Waals surface area contributed by atoms with E-state index in [4.69, 9.17) is 14.2 Å². The minimum absolute atomic E-state index is 0.0667. The number of benzene rings is 16. The van der Waals surface area contributed by atoms with Crippen molar-refractivity contribution in [2.45, 2.75) is 239 Å². The average Bonchev–Trinajstić information content (AvgIpc) is 1.54. The molecule has 16 aromatic carbocycles. The normalized spacial score (nSPS) is 18.4. The van der Waals surface area contributed by atoms with E-state index in [0.29, 0.717) is 0 Å². The number of anilines is 12. The quantitative estimate of drug-likeness (QED) is 0.0955. The number of hydrogen-bond acceptors (Lipinski definition) is 7. The third kappa shape index (κ3) is 18.7. The zero-order chi connectivity index (χ0) is 103. The van der Waals surface area contributed by atoms with Crippen LogP contribution in [-0.2, 0) is 58.6 Å². The van der Waals surface area contributed by atoms with Gasteiger partial charge in [0.2, 0.25) is 0 Å². The van der Waals surface area contributed by atoms with Crippen LogP contribution >= 0.6 is 63.7 Å². The van der Waals surface area contributed by atoms with E-state index in [-0.39, 0.29) is 33.6 Å². The SMILES string of the molecule is Cc1cc(Br)ccc1N(c1ccc(-c2ccc3c(c2)C(C)(C)OC32CCCC2)cc1)c1ccc(Br)cc1C.Cc1cc(Br)ccc1N(c1ccc(-c2ccc3c(c2)C2(C)CCC3(C)O2)cc1)c1ccc(Br)cc1C.Cc1ccccc1N(c1ccc(-c2ccc3c(c2)C(C)(C)C(F)(F)C3(C)C)cc1)c1ccccc1C.Cc1ccccc1N(c1ccc(-c2ccc3c(c2)C(C)(C)OC32CCCC2)cc1)c1ccccc1C. The molecule has 2 bridgehead atoms. The molecular formula is C133H130Br4F2N4O3. The second-order valence-corrected chi connectivity index (χ2v) is 47.6. The smallest absolute Gasteiger partial charge is 0.266 e. The van der Waals surface area contributed by atoms with Gasteiger partial charge in [-0.2, -0.15) is 0 Å². The molecule has 0 N–H and O–H groups in total. The maximum absolute atomic E-state index is 15.4. The monoisotopic (exact) mass is 2180 g/mol. The van der Waals surface area contributed by atoms with Crippen LogP contribution in [0, 0.1) is 55.4 Å². The van der Waals surface area contributed by atoms with Gasteiger partial charge in [-0.05, 0) is 460 Å². The number of halogens is 6. The van der Waals surface area contributed by atoms with Crippen LogP contribution in [0.5, 0.6) is 0 Å². The fraction of sp³-hybridized carbons (Fsp3) is 0.278. The summed E-state index contributed by atoms with van der Waals surface area (Å²) in [5.74, 6) is -2.83. The number of ether oxygens (including phenoxy) is 3. The number of rotatable bonds is 16. The van der Waals surface area contributed by atoms with Gasteiger partial charge in [-0.25, -0.2) is 8.78 Å². The first-order valence-corrected chi connectivity index (χ1v) is 54.8. The summed E-state index contributed by atoms with van der Waals surface area (Å²) in [6.07, 6.45) is 11.8. The first-order valence-electron chi connectivity index (χ1n) is 51.7. The minimum atomic E-state index is -2.83. The van der Waals surface area contributed by atoms with E-state index in [9.17, 15) is 0 Å². The molecule has 146 heavy (non-hydrogen) atoms. The molecule has 0 amide bonds. The molecule has 0 radical (unpaired) electrons.